The maximum atomic E-state index is 6.07. The number of nitrogens with zero attached hydrogens (tertiary/aromatic N) is 2. The highest BCUT2D eigenvalue weighted by Crippen LogP contribution is 2.26. The summed E-state index contributed by atoms with van der Waals surface area (Å²) in [6.45, 7) is 6.20. The van der Waals surface area contributed by atoms with Crippen molar-refractivity contribution < 1.29 is 18.9 Å². The van der Waals surface area contributed by atoms with E-state index in [2.05, 4.69) is 15.2 Å². The number of guanidine groups is 1. The van der Waals surface area contributed by atoms with E-state index in [9.17, 15) is 0 Å². The van der Waals surface area contributed by atoms with Crippen molar-refractivity contribution in [3.05, 3.63) is 24.3 Å². The first kappa shape index (κ1) is 25.0. The van der Waals surface area contributed by atoms with E-state index in [0.717, 1.165) is 69.4 Å². The number of aliphatic imine (C=N–C) groups is 1. The van der Waals surface area contributed by atoms with E-state index in [1.165, 1.54) is 0 Å². The summed E-state index contributed by atoms with van der Waals surface area (Å²) in [5.74, 6) is 2.41. The molecule has 2 saturated heterocycles. The fraction of sp³-hybridized carbons (Fsp3) is 0.682. The molecule has 2 aliphatic rings. The summed E-state index contributed by atoms with van der Waals surface area (Å²) < 4.78 is 23.1. The monoisotopic (exact) mass is 533 g/mol. The predicted octanol–water partition coefficient (Wildman–Crippen LogP) is 3.32. The van der Waals surface area contributed by atoms with Gasteiger partial charge in [-0.2, -0.15) is 0 Å². The van der Waals surface area contributed by atoms with Gasteiger partial charge in [0, 0.05) is 26.7 Å². The first-order chi connectivity index (χ1) is 14.2. The second-order valence-electron chi connectivity index (χ2n) is 7.66. The van der Waals surface area contributed by atoms with E-state index < -0.39 is 0 Å². The van der Waals surface area contributed by atoms with Crippen LogP contribution in [0, 0.1) is 0 Å². The molecule has 2 unspecified atom stereocenters. The highest BCUT2D eigenvalue weighted by atomic mass is 127. The standard InChI is InChI=1S/C22H35N3O4.HI/c1-17(29-21-9-5-4-8-20(21)26-3)15-24-22(23-2)25-12-10-18(11-13-25)28-16-19-7-6-14-27-19;/h4-5,8-9,17-19H,6-7,10-16H2,1-3H3,(H,23,24);1H. The van der Waals surface area contributed by atoms with Gasteiger partial charge in [-0.1, -0.05) is 12.1 Å². The first-order valence-electron chi connectivity index (χ1n) is 10.7. The molecule has 7 nitrogen and oxygen atoms in total. The first-order valence-corrected chi connectivity index (χ1v) is 10.7. The lowest BCUT2D eigenvalue weighted by Crippen LogP contribution is -2.49. The molecular formula is C22H36IN3O4. The molecule has 0 spiro atoms. The molecule has 1 N–H and O–H groups in total. The van der Waals surface area contributed by atoms with E-state index in [1.807, 2.05) is 38.2 Å². The lowest BCUT2D eigenvalue weighted by molar-refractivity contribution is -0.0367. The van der Waals surface area contributed by atoms with Crippen LogP contribution in [0.2, 0.25) is 0 Å². The molecule has 2 heterocycles. The molecule has 2 aliphatic heterocycles. The van der Waals surface area contributed by atoms with Crippen molar-refractivity contribution in [1.29, 1.82) is 0 Å². The topological polar surface area (TPSA) is 64.6 Å². The number of benzene rings is 1. The van der Waals surface area contributed by atoms with Crippen LogP contribution in [0.4, 0.5) is 0 Å². The van der Waals surface area contributed by atoms with E-state index >= 15 is 0 Å². The molecule has 1 aromatic rings. The van der Waals surface area contributed by atoms with Crippen LogP contribution in [-0.2, 0) is 9.47 Å². The van der Waals surface area contributed by atoms with Gasteiger partial charge in [-0.15, -0.1) is 24.0 Å². The van der Waals surface area contributed by atoms with Crippen molar-refractivity contribution >= 4 is 29.9 Å². The average molecular weight is 533 g/mol. The van der Waals surface area contributed by atoms with Gasteiger partial charge in [0.25, 0.3) is 0 Å². The second kappa shape index (κ2) is 13.2. The molecule has 0 aliphatic carbocycles. The lowest BCUT2D eigenvalue weighted by Gasteiger charge is -2.34. The number of hydrogen-bond donors (Lipinski definition) is 1. The number of ether oxygens (including phenoxy) is 4. The normalized spacial score (nSPS) is 21.1. The number of nitrogens with one attached hydrogen (secondary N) is 1. The van der Waals surface area contributed by atoms with Crippen LogP contribution in [0.25, 0.3) is 0 Å². The molecule has 2 atom stereocenters. The third-order valence-corrected chi connectivity index (χ3v) is 5.44. The number of piperidine rings is 1. The summed E-state index contributed by atoms with van der Waals surface area (Å²) >= 11 is 0. The van der Waals surface area contributed by atoms with E-state index in [4.69, 9.17) is 18.9 Å². The highest BCUT2D eigenvalue weighted by Gasteiger charge is 2.24. The van der Waals surface area contributed by atoms with Gasteiger partial charge in [-0.25, -0.2) is 0 Å². The van der Waals surface area contributed by atoms with Crippen molar-refractivity contribution in [3.63, 3.8) is 0 Å². The Balaban J connectivity index is 0.00000320. The molecule has 30 heavy (non-hydrogen) atoms. The summed E-state index contributed by atoms with van der Waals surface area (Å²) in [5.41, 5.74) is 0. The lowest BCUT2D eigenvalue weighted by atomic mass is 10.1. The SMILES string of the molecule is CN=C(NCC(C)Oc1ccccc1OC)N1CCC(OCC2CCCO2)CC1.I. The Labute approximate surface area is 197 Å². The Morgan fingerprint density at radius 2 is 1.97 bits per heavy atom. The van der Waals surface area contributed by atoms with Gasteiger partial charge in [-0.05, 0) is 44.7 Å². The maximum absolute atomic E-state index is 6.07. The minimum Gasteiger partial charge on any atom is -0.493 e. The Kier molecular flexibility index (Phi) is 11.0. The Hall–Kier alpha value is -1.26. The van der Waals surface area contributed by atoms with E-state index in [1.54, 1.807) is 7.11 Å². The second-order valence-corrected chi connectivity index (χ2v) is 7.66. The average Bonchev–Trinajstić information content (AvgIpc) is 3.27. The van der Waals surface area contributed by atoms with Gasteiger partial charge < -0.3 is 29.2 Å². The molecule has 8 heteroatoms. The molecule has 0 bridgehead atoms. The summed E-state index contributed by atoms with van der Waals surface area (Å²) in [6, 6.07) is 7.71. The van der Waals surface area contributed by atoms with Gasteiger partial charge >= 0.3 is 0 Å². The zero-order valence-corrected chi connectivity index (χ0v) is 20.7. The minimum absolute atomic E-state index is 0. The van der Waals surface area contributed by atoms with Gasteiger partial charge in [0.1, 0.15) is 6.10 Å². The van der Waals surface area contributed by atoms with Gasteiger partial charge in [0.15, 0.2) is 17.5 Å². The Bertz CT molecular complexity index is 647. The number of likely N-dealkylation sites (tertiary alicyclic amines) is 1. The quantitative estimate of drug-likeness (QED) is 0.315. The summed E-state index contributed by atoms with van der Waals surface area (Å²) in [6.07, 6.45) is 4.92. The highest BCUT2D eigenvalue weighted by molar-refractivity contribution is 14.0. The zero-order chi connectivity index (χ0) is 20.5. The van der Waals surface area contributed by atoms with Crippen LogP contribution < -0.4 is 14.8 Å². The number of methoxy groups -OCH3 is 1. The zero-order valence-electron chi connectivity index (χ0n) is 18.3. The molecule has 0 saturated carbocycles. The Morgan fingerprint density at radius 3 is 2.60 bits per heavy atom. The summed E-state index contributed by atoms with van der Waals surface area (Å²) in [5, 5.41) is 3.44. The number of hydrogen-bond acceptors (Lipinski definition) is 5. The van der Waals surface area contributed by atoms with Crippen LogP contribution in [0.3, 0.4) is 0 Å². The largest absolute Gasteiger partial charge is 0.493 e. The molecule has 170 valence electrons. The van der Waals surface area contributed by atoms with Crippen LogP contribution in [0.5, 0.6) is 11.5 Å². The van der Waals surface area contributed by atoms with Crippen molar-refractivity contribution in [2.75, 3.05) is 47.0 Å². The van der Waals surface area contributed by atoms with E-state index in [-0.39, 0.29) is 30.1 Å². The van der Waals surface area contributed by atoms with Crippen molar-refractivity contribution in [2.45, 2.75) is 50.9 Å². The summed E-state index contributed by atoms with van der Waals surface area (Å²) in [7, 11) is 3.48. The van der Waals surface area contributed by atoms with Gasteiger partial charge in [0.05, 0.1) is 32.5 Å². The fourth-order valence-corrected chi connectivity index (χ4v) is 3.80. The Morgan fingerprint density at radius 1 is 1.23 bits per heavy atom. The molecule has 0 aromatic heterocycles. The molecule has 2 fully saturated rings. The smallest absolute Gasteiger partial charge is 0.193 e. The van der Waals surface area contributed by atoms with Crippen molar-refractivity contribution in [2.24, 2.45) is 4.99 Å². The molecular weight excluding hydrogens is 497 g/mol. The van der Waals surface area contributed by atoms with Crippen molar-refractivity contribution in [3.8, 4) is 11.5 Å². The van der Waals surface area contributed by atoms with Crippen LogP contribution in [-0.4, -0.2) is 76.2 Å². The number of halogens is 1. The molecule has 0 radical (unpaired) electrons. The van der Waals surface area contributed by atoms with Gasteiger partial charge in [0.2, 0.25) is 0 Å². The number of rotatable bonds is 8. The summed E-state index contributed by atoms with van der Waals surface area (Å²) in [4.78, 5) is 6.74. The molecule has 3 rings (SSSR count). The van der Waals surface area contributed by atoms with Crippen molar-refractivity contribution in [1.82, 2.24) is 10.2 Å². The van der Waals surface area contributed by atoms with Crippen LogP contribution in [0.1, 0.15) is 32.6 Å². The minimum atomic E-state index is -0.0182. The maximum Gasteiger partial charge on any atom is 0.193 e. The predicted molar refractivity (Wildman–Crippen MR) is 129 cm³/mol. The van der Waals surface area contributed by atoms with Crippen LogP contribution >= 0.6 is 24.0 Å². The third kappa shape index (κ3) is 7.46. The molecule has 1 aromatic carbocycles. The van der Waals surface area contributed by atoms with Crippen LogP contribution in [0.15, 0.2) is 29.3 Å². The third-order valence-electron chi connectivity index (χ3n) is 5.44. The number of para-hydroxylation sites is 2. The van der Waals surface area contributed by atoms with Gasteiger partial charge in [-0.3, -0.25) is 4.99 Å². The fourth-order valence-electron chi connectivity index (χ4n) is 3.80. The molecule has 0 amide bonds. The van der Waals surface area contributed by atoms with E-state index in [0.29, 0.717) is 18.8 Å².